The lowest BCUT2D eigenvalue weighted by molar-refractivity contribution is 0.102. The molecule has 0 saturated carbocycles. The lowest BCUT2D eigenvalue weighted by atomic mass is 10.1. The van der Waals surface area contributed by atoms with E-state index in [-0.39, 0.29) is 5.91 Å². The van der Waals surface area contributed by atoms with Crippen molar-refractivity contribution in [2.24, 2.45) is 0 Å². The molecule has 0 radical (unpaired) electrons. The lowest BCUT2D eigenvalue weighted by Gasteiger charge is -2.08. The Hall–Kier alpha value is -1.87. The van der Waals surface area contributed by atoms with E-state index < -0.39 is 0 Å². The Morgan fingerprint density at radius 3 is 2.40 bits per heavy atom. The Labute approximate surface area is 124 Å². The molecule has 0 atom stereocenters. The molecule has 0 bridgehead atoms. The van der Waals surface area contributed by atoms with Crippen LogP contribution in [0.15, 0.2) is 30.3 Å². The summed E-state index contributed by atoms with van der Waals surface area (Å²) >= 11 is 5.94. The summed E-state index contributed by atoms with van der Waals surface area (Å²) in [5.41, 5.74) is 4.35. The standard InChI is InChI=1S/C16H17ClN2O/c1-4-13-8-12(9-15(17)18-13)16(20)19-14-6-10(2)5-11(3)7-14/h5-9H,4H2,1-3H3,(H,19,20). The minimum Gasteiger partial charge on any atom is -0.322 e. The SMILES string of the molecule is CCc1cc(C(=O)Nc2cc(C)cc(C)c2)cc(Cl)n1. The number of carbonyl (C=O) groups excluding carboxylic acids is 1. The smallest absolute Gasteiger partial charge is 0.255 e. The molecule has 1 heterocycles. The fourth-order valence-corrected chi connectivity index (χ4v) is 2.34. The van der Waals surface area contributed by atoms with Crippen molar-refractivity contribution in [3.63, 3.8) is 0 Å². The Kier molecular flexibility index (Phi) is 4.40. The number of aromatic nitrogens is 1. The maximum Gasteiger partial charge on any atom is 0.255 e. The maximum absolute atomic E-state index is 12.3. The van der Waals surface area contributed by atoms with Crippen LogP contribution in [-0.4, -0.2) is 10.9 Å². The van der Waals surface area contributed by atoms with Gasteiger partial charge in [0.1, 0.15) is 5.15 Å². The highest BCUT2D eigenvalue weighted by molar-refractivity contribution is 6.29. The average molecular weight is 289 g/mol. The molecule has 1 N–H and O–H groups in total. The van der Waals surface area contributed by atoms with Gasteiger partial charge in [-0.3, -0.25) is 4.79 Å². The molecule has 1 amide bonds. The number of hydrogen-bond donors (Lipinski definition) is 1. The second-order valence-corrected chi connectivity index (χ2v) is 5.24. The van der Waals surface area contributed by atoms with Gasteiger partial charge >= 0.3 is 0 Å². The van der Waals surface area contributed by atoms with Gasteiger partial charge in [-0.25, -0.2) is 4.98 Å². The van der Waals surface area contributed by atoms with Gasteiger partial charge in [-0.05, 0) is 55.7 Å². The van der Waals surface area contributed by atoms with E-state index in [1.165, 1.54) is 0 Å². The van der Waals surface area contributed by atoms with Gasteiger partial charge in [-0.1, -0.05) is 24.6 Å². The van der Waals surface area contributed by atoms with Crippen LogP contribution >= 0.6 is 11.6 Å². The summed E-state index contributed by atoms with van der Waals surface area (Å²) < 4.78 is 0. The van der Waals surface area contributed by atoms with Crippen LogP contribution < -0.4 is 5.32 Å². The lowest BCUT2D eigenvalue weighted by Crippen LogP contribution is -2.13. The molecule has 4 heteroatoms. The van der Waals surface area contributed by atoms with Crippen molar-refractivity contribution in [3.8, 4) is 0 Å². The van der Waals surface area contributed by atoms with Crippen molar-refractivity contribution in [3.05, 3.63) is 57.9 Å². The van der Waals surface area contributed by atoms with Gasteiger partial charge in [-0.15, -0.1) is 0 Å². The number of pyridine rings is 1. The number of nitrogens with zero attached hydrogens (tertiary/aromatic N) is 1. The van der Waals surface area contributed by atoms with Gasteiger partial charge in [0.15, 0.2) is 0 Å². The molecule has 2 rings (SSSR count). The zero-order chi connectivity index (χ0) is 14.7. The zero-order valence-electron chi connectivity index (χ0n) is 11.8. The monoisotopic (exact) mass is 288 g/mol. The van der Waals surface area contributed by atoms with Crippen molar-refractivity contribution < 1.29 is 4.79 Å². The summed E-state index contributed by atoms with van der Waals surface area (Å²) in [5, 5.41) is 3.24. The first-order valence-corrected chi connectivity index (χ1v) is 6.92. The number of halogens is 1. The third-order valence-corrected chi connectivity index (χ3v) is 3.14. The van der Waals surface area contributed by atoms with E-state index in [4.69, 9.17) is 11.6 Å². The van der Waals surface area contributed by atoms with Gasteiger partial charge in [-0.2, -0.15) is 0 Å². The van der Waals surface area contributed by atoms with E-state index in [9.17, 15) is 4.79 Å². The van der Waals surface area contributed by atoms with Crippen LogP contribution in [0.5, 0.6) is 0 Å². The third kappa shape index (κ3) is 3.58. The average Bonchev–Trinajstić information content (AvgIpc) is 2.36. The summed E-state index contributed by atoms with van der Waals surface area (Å²) in [6, 6.07) is 9.29. The highest BCUT2D eigenvalue weighted by Crippen LogP contribution is 2.17. The topological polar surface area (TPSA) is 42.0 Å². The molecule has 0 fully saturated rings. The molecule has 0 saturated heterocycles. The Bertz CT molecular complexity index is 633. The summed E-state index contributed by atoms with van der Waals surface area (Å²) in [4.78, 5) is 16.4. The molecule has 0 aliphatic heterocycles. The van der Waals surface area contributed by atoms with Gasteiger partial charge < -0.3 is 5.32 Å². The molecule has 0 aliphatic carbocycles. The molecule has 20 heavy (non-hydrogen) atoms. The number of rotatable bonds is 3. The first-order chi connectivity index (χ1) is 9.47. The Morgan fingerprint density at radius 2 is 1.80 bits per heavy atom. The van der Waals surface area contributed by atoms with E-state index in [0.29, 0.717) is 10.7 Å². The highest BCUT2D eigenvalue weighted by atomic mass is 35.5. The van der Waals surface area contributed by atoms with E-state index in [1.807, 2.05) is 32.9 Å². The molecule has 1 aromatic heterocycles. The maximum atomic E-state index is 12.3. The van der Waals surface area contributed by atoms with Crippen molar-refractivity contribution >= 4 is 23.2 Å². The zero-order valence-corrected chi connectivity index (χ0v) is 12.6. The summed E-state index contributed by atoms with van der Waals surface area (Å²) in [5.74, 6) is -0.172. The molecule has 0 unspecified atom stereocenters. The number of benzene rings is 1. The van der Waals surface area contributed by atoms with Crippen molar-refractivity contribution in [1.82, 2.24) is 4.98 Å². The van der Waals surface area contributed by atoms with Crippen molar-refractivity contribution in [2.45, 2.75) is 27.2 Å². The highest BCUT2D eigenvalue weighted by Gasteiger charge is 2.09. The largest absolute Gasteiger partial charge is 0.322 e. The van der Waals surface area contributed by atoms with Crippen LogP contribution in [0.2, 0.25) is 5.15 Å². The second-order valence-electron chi connectivity index (χ2n) is 4.85. The van der Waals surface area contributed by atoms with Gasteiger partial charge in [0, 0.05) is 16.9 Å². The summed E-state index contributed by atoms with van der Waals surface area (Å²) in [6.07, 6.45) is 0.740. The Morgan fingerprint density at radius 1 is 1.15 bits per heavy atom. The molecule has 0 aliphatic rings. The minimum absolute atomic E-state index is 0.172. The van der Waals surface area contributed by atoms with Gasteiger partial charge in [0.05, 0.1) is 0 Å². The van der Waals surface area contributed by atoms with Crippen LogP contribution in [-0.2, 0) is 6.42 Å². The van der Waals surface area contributed by atoms with Gasteiger partial charge in [0.2, 0.25) is 0 Å². The predicted molar refractivity (Wildman–Crippen MR) is 82.5 cm³/mol. The third-order valence-electron chi connectivity index (χ3n) is 2.95. The number of anilines is 1. The van der Waals surface area contributed by atoms with E-state index in [2.05, 4.69) is 16.4 Å². The van der Waals surface area contributed by atoms with Gasteiger partial charge in [0.25, 0.3) is 5.91 Å². The number of nitrogens with one attached hydrogen (secondary N) is 1. The predicted octanol–water partition coefficient (Wildman–Crippen LogP) is 4.17. The molecule has 2 aromatic rings. The second kappa shape index (κ2) is 6.06. The van der Waals surface area contributed by atoms with Crippen LogP contribution in [0.3, 0.4) is 0 Å². The molecule has 3 nitrogen and oxygen atoms in total. The number of carbonyl (C=O) groups is 1. The van der Waals surface area contributed by atoms with Crippen LogP contribution in [0.25, 0.3) is 0 Å². The molecule has 1 aromatic carbocycles. The number of aryl methyl sites for hydroxylation is 3. The fraction of sp³-hybridized carbons (Fsp3) is 0.250. The number of amides is 1. The normalized spacial score (nSPS) is 10.4. The minimum atomic E-state index is -0.172. The Balaban J connectivity index is 2.25. The molecular formula is C16H17ClN2O. The van der Waals surface area contributed by atoms with Crippen LogP contribution in [0.1, 0.15) is 34.1 Å². The van der Waals surface area contributed by atoms with Crippen molar-refractivity contribution in [2.75, 3.05) is 5.32 Å². The van der Waals surface area contributed by atoms with Crippen molar-refractivity contribution in [1.29, 1.82) is 0 Å². The molecular weight excluding hydrogens is 272 g/mol. The van der Waals surface area contributed by atoms with E-state index in [1.54, 1.807) is 12.1 Å². The number of hydrogen-bond acceptors (Lipinski definition) is 2. The molecule has 104 valence electrons. The first kappa shape index (κ1) is 14.5. The quantitative estimate of drug-likeness (QED) is 0.862. The summed E-state index contributed by atoms with van der Waals surface area (Å²) in [7, 11) is 0. The van der Waals surface area contributed by atoms with E-state index >= 15 is 0 Å². The fourth-order valence-electron chi connectivity index (χ4n) is 2.11. The van der Waals surface area contributed by atoms with Crippen LogP contribution in [0.4, 0.5) is 5.69 Å². The summed E-state index contributed by atoms with van der Waals surface area (Å²) in [6.45, 7) is 5.98. The molecule has 0 spiro atoms. The van der Waals surface area contributed by atoms with E-state index in [0.717, 1.165) is 28.9 Å². The van der Waals surface area contributed by atoms with Crippen LogP contribution in [0, 0.1) is 13.8 Å². The first-order valence-electron chi connectivity index (χ1n) is 6.54.